The third-order valence-electron chi connectivity index (χ3n) is 9.91. The SMILES string of the molecule is c1ccc(-c2ccc(-n3c4ccccc4c4c5c6ccccc6n(-c6cc(-c7ccccc7)nc(-c7ccccc7)c6)c5ccc43)cc2)cc1. The first-order valence-electron chi connectivity index (χ1n) is 17.1. The molecule has 0 unspecified atom stereocenters. The quantitative estimate of drug-likeness (QED) is 0.184. The summed E-state index contributed by atoms with van der Waals surface area (Å²) >= 11 is 0. The second-order valence-electron chi connectivity index (χ2n) is 12.8. The summed E-state index contributed by atoms with van der Waals surface area (Å²) in [6.07, 6.45) is 0. The molecule has 3 aromatic heterocycles. The van der Waals surface area contributed by atoms with Crippen molar-refractivity contribution in [2.75, 3.05) is 0 Å². The molecule has 10 rings (SSSR count). The van der Waals surface area contributed by atoms with Gasteiger partial charge in [-0.05, 0) is 59.7 Å². The number of hydrogen-bond acceptors (Lipinski definition) is 1. The lowest BCUT2D eigenvalue weighted by atomic mass is 10.1. The molecule has 0 aliphatic heterocycles. The highest BCUT2D eigenvalue weighted by molar-refractivity contribution is 6.28. The van der Waals surface area contributed by atoms with Crippen molar-refractivity contribution in [3.63, 3.8) is 0 Å². The van der Waals surface area contributed by atoms with E-state index >= 15 is 0 Å². The minimum Gasteiger partial charge on any atom is -0.309 e. The fourth-order valence-corrected chi connectivity index (χ4v) is 7.67. The van der Waals surface area contributed by atoms with Crippen LogP contribution in [0.5, 0.6) is 0 Å². The van der Waals surface area contributed by atoms with E-state index in [1.807, 2.05) is 0 Å². The molecule has 7 aromatic carbocycles. The number of aromatic nitrogens is 3. The fourth-order valence-electron chi connectivity index (χ4n) is 7.67. The van der Waals surface area contributed by atoms with Crippen molar-refractivity contribution >= 4 is 43.6 Å². The van der Waals surface area contributed by atoms with Gasteiger partial charge in [-0.3, -0.25) is 0 Å². The third-order valence-corrected chi connectivity index (χ3v) is 9.91. The maximum absolute atomic E-state index is 5.18. The Kier molecular flexibility index (Phi) is 6.49. The average molecular weight is 638 g/mol. The van der Waals surface area contributed by atoms with Crippen molar-refractivity contribution in [3.8, 4) is 45.0 Å². The number of fused-ring (bicyclic) bond motifs is 7. The number of hydrogen-bond donors (Lipinski definition) is 0. The molecule has 0 amide bonds. The lowest BCUT2D eigenvalue weighted by Gasteiger charge is -2.13. The molecule has 0 radical (unpaired) electrons. The molecule has 10 aromatic rings. The van der Waals surface area contributed by atoms with Crippen molar-refractivity contribution in [1.29, 1.82) is 0 Å². The number of pyridine rings is 1. The highest BCUT2D eigenvalue weighted by Crippen LogP contribution is 2.43. The highest BCUT2D eigenvalue weighted by atomic mass is 15.0. The van der Waals surface area contributed by atoms with E-state index in [1.165, 1.54) is 54.7 Å². The van der Waals surface area contributed by atoms with Crippen LogP contribution < -0.4 is 0 Å². The van der Waals surface area contributed by atoms with E-state index in [2.05, 4.69) is 197 Å². The zero-order chi connectivity index (χ0) is 33.0. The standard InChI is InChI=1S/C47H31N3/c1-4-14-32(15-5-1)33-24-26-36(27-25-33)49-42-22-12-10-20-38(42)46-44(49)28-29-45-47(46)39-21-11-13-23-43(39)50(45)37-30-40(34-16-6-2-7-17-34)48-41(31-37)35-18-8-3-9-19-35/h1-31H. The molecule has 3 nitrogen and oxygen atoms in total. The summed E-state index contributed by atoms with van der Waals surface area (Å²) in [7, 11) is 0. The summed E-state index contributed by atoms with van der Waals surface area (Å²) in [6.45, 7) is 0. The molecule has 0 aliphatic rings. The molecule has 50 heavy (non-hydrogen) atoms. The van der Waals surface area contributed by atoms with Gasteiger partial charge in [0.25, 0.3) is 0 Å². The Morgan fingerprint density at radius 2 is 0.700 bits per heavy atom. The molecule has 234 valence electrons. The molecular formula is C47H31N3. The van der Waals surface area contributed by atoms with Gasteiger partial charge in [0.15, 0.2) is 0 Å². The zero-order valence-corrected chi connectivity index (χ0v) is 27.2. The van der Waals surface area contributed by atoms with Crippen LogP contribution in [0.4, 0.5) is 0 Å². The first-order chi connectivity index (χ1) is 24.8. The minimum absolute atomic E-state index is 0.949. The van der Waals surface area contributed by atoms with Gasteiger partial charge in [0, 0.05) is 38.4 Å². The second-order valence-corrected chi connectivity index (χ2v) is 12.8. The van der Waals surface area contributed by atoms with E-state index in [0.717, 1.165) is 33.9 Å². The molecule has 3 heteroatoms. The molecule has 0 spiro atoms. The molecule has 0 aliphatic carbocycles. The van der Waals surface area contributed by atoms with Crippen molar-refractivity contribution in [2.45, 2.75) is 0 Å². The zero-order valence-electron chi connectivity index (χ0n) is 27.2. The van der Waals surface area contributed by atoms with Gasteiger partial charge in [-0.1, -0.05) is 140 Å². The monoisotopic (exact) mass is 637 g/mol. The molecular weight excluding hydrogens is 607 g/mol. The summed E-state index contributed by atoms with van der Waals surface area (Å²) < 4.78 is 4.84. The van der Waals surface area contributed by atoms with Gasteiger partial charge in [-0.25, -0.2) is 4.98 Å². The van der Waals surface area contributed by atoms with Crippen molar-refractivity contribution < 1.29 is 0 Å². The van der Waals surface area contributed by atoms with E-state index in [1.54, 1.807) is 0 Å². The smallest absolute Gasteiger partial charge is 0.0730 e. The summed E-state index contributed by atoms with van der Waals surface area (Å²) in [5.41, 5.74) is 13.5. The van der Waals surface area contributed by atoms with Gasteiger partial charge >= 0.3 is 0 Å². The molecule has 0 bridgehead atoms. The molecule has 0 atom stereocenters. The largest absolute Gasteiger partial charge is 0.309 e. The maximum Gasteiger partial charge on any atom is 0.0730 e. The van der Waals surface area contributed by atoms with Crippen LogP contribution in [0.15, 0.2) is 188 Å². The first kappa shape index (κ1) is 28.3. The Morgan fingerprint density at radius 1 is 0.300 bits per heavy atom. The number of benzene rings is 7. The van der Waals surface area contributed by atoms with Gasteiger partial charge in [-0.2, -0.15) is 0 Å². The summed E-state index contributed by atoms with van der Waals surface area (Å²) in [5, 5.41) is 5.00. The van der Waals surface area contributed by atoms with Crippen molar-refractivity contribution in [1.82, 2.24) is 14.1 Å². The fraction of sp³-hybridized carbons (Fsp3) is 0. The van der Waals surface area contributed by atoms with Crippen LogP contribution in [0, 0.1) is 0 Å². The molecule has 0 fully saturated rings. The van der Waals surface area contributed by atoms with Crippen LogP contribution in [0.2, 0.25) is 0 Å². The first-order valence-corrected chi connectivity index (χ1v) is 17.1. The van der Waals surface area contributed by atoms with Crippen LogP contribution in [-0.2, 0) is 0 Å². The van der Waals surface area contributed by atoms with E-state index in [9.17, 15) is 0 Å². The van der Waals surface area contributed by atoms with E-state index < -0.39 is 0 Å². The van der Waals surface area contributed by atoms with E-state index in [-0.39, 0.29) is 0 Å². The lowest BCUT2D eigenvalue weighted by Crippen LogP contribution is -1.98. The van der Waals surface area contributed by atoms with Crippen LogP contribution >= 0.6 is 0 Å². The Labute approximate surface area is 290 Å². The Hall–Kier alpha value is -6.71. The maximum atomic E-state index is 5.18. The lowest BCUT2D eigenvalue weighted by molar-refractivity contribution is 1.16. The van der Waals surface area contributed by atoms with Gasteiger partial charge in [0.05, 0.1) is 39.1 Å². The Morgan fingerprint density at radius 3 is 1.20 bits per heavy atom. The number of nitrogens with zero attached hydrogens (tertiary/aromatic N) is 3. The summed E-state index contributed by atoms with van der Waals surface area (Å²) in [5.74, 6) is 0. The predicted octanol–water partition coefficient (Wildman–Crippen LogP) is 12.3. The van der Waals surface area contributed by atoms with Crippen LogP contribution in [0.3, 0.4) is 0 Å². The van der Waals surface area contributed by atoms with Gasteiger partial charge in [-0.15, -0.1) is 0 Å². The van der Waals surface area contributed by atoms with Crippen molar-refractivity contribution in [2.24, 2.45) is 0 Å². The highest BCUT2D eigenvalue weighted by Gasteiger charge is 2.21. The van der Waals surface area contributed by atoms with Crippen LogP contribution in [-0.4, -0.2) is 14.1 Å². The Balaban J connectivity index is 1.25. The Bertz CT molecular complexity index is 2770. The third kappa shape index (κ3) is 4.48. The summed E-state index contributed by atoms with van der Waals surface area (Å²) in [6, 6.07) is 67.2. The van der Waals surface area contributed by atoms with Gasteiger partial charge in [0.2, 0.25) is 0 Å². The molecule has 0 saturated carbocycles. The van der Waals surface area contributed by atoms with E-state index in [0.29, 0.717) is 0 Å². The van der Waals surface area contributed by atoms with Crippen LogP contribution in [0.25, 0.3) is 88.6 Å². The normalized spacial score (nSPS) is 11.6. The number of rotatable bonds is 5. The second kappa shape index (κ2) is 11.5. The summed E-state index contributed by atoms with van der Waals surface area (Å²) in [4.78, 5) is 5.18. The van der Waals surface area contributed by atoms with E-state index in [4.69, 9.17) is 4.98 Å². The van der Waals surface area contributed by atoms with Gasteiger partial charge in [0.1, 0.15) is 0 Å². The predicted molar refractivity (Wildman–Crippen MR) is 209 cm³/mol. The van der Waals surface area contributed by atoms with Crippen LogP contribution in [0.1, 0.15) is 0 Å². The minimum atomic E-state index is 0.949. The molecule has 3 heterocycles. The van der Waals surface area contributed by atoms with Gasteiger partial charge < -0.3 is 9.13 Å². The topological polar surface area (TPSA) is 22.8 Å². The number of para-hydroxylation sites is 2. The average Bonchev–Trinajstić information content (AvgIpc) is 3.72. The molecule has 0 saturated heterocycles. The van der Waals surface area contributed by atoms with Crippen molar-refractivity contribution in [3.05, 3.63) is 188 Å². The molecule has 0 N–H and O–H groups in total.